The Morgan fingerprint density at radius 2 is 2.22 bits per heavy atom. The van der Waals surface area contributed by atoms with E-state index in [0.29, 0.717) is 6.04 Å². The lowest BCUT2D eigenvalue weighted by molar-refractivity contribution is 0.461. The van der Waals surface area contributed by atoms with Gasteiger partial charge in [0.2, 0.25) is 0 Å². The zero-order valence-corrected chi connectivity index (χ0v) is 12.2. The second-order valence-electron chi connectivity index (χ2n) is 6.06. The van der Waals surface area contributed by atoms with Crippen LogP contribution in [0.5, 0.6) is 0 Å². The summed E-state index contributed by atoms with van der Waals surface area (Å²) < 4.78 is 2.41. The van der Waals surface area contributed by atoms with Crippen molar-refractivity contribution in [2.75, 3.05) is 6.54 Å². The van der Waals surface area contributed by atoms with Gasteiger partial charge in [0.05, 0.1) is 0 Å². The van der Waals surface area contributed by atoms with Crippen molar-refractivity contribution < 1.29 is 0 Å². The molecule has 1 aliphatic carbocycles. The molecule has 102 valence electrons. The van der Waals surface area contributed by atoms with Gasteiger partial charge in [-0.15, -0.1) is 0 Å². The number of nitrogens with zero attached hydrogens (tertiary/aromatic N) is 1. The number of rotatable bonds is 6. The van der Waals surface area contributed by atoms with E-state index in [-0.39, 0.29) is 0 Å². The first-order valence-corrected chi connectivity index (χ1v) is 7.62. The molecule has 0 amide bonds. The molecule has 0 radical (unpaired) electrons. The van der Waals surface area contributed by atoms with Crippen molar-refractivity contribution in [1.82, 2.24) is 9.88 Å². The maximum absolute atomic E-state index is 3.69. The van der Waals surface area contributed by atoms with Crippen LogP contribution in [0, 0.1) is 5.92 Å². The summed E-state index contributed by atoms with van der Waals surface area (Å²) in [6.07, 6.45) is 11.2. The van der Waals surface area contributed by atoms with Gasteiger partial charge in [0.15, 0.2) is 0 Å². The number of fused-ring (bicyclic) bond motifs is 1. The van der Waals surface area contributed by atoms with Gasteiger partial charge in [-0.1, -0.05) is 20.8 Å². The number of nitrogens with one attached hydrogen (secondary N) is 1. The van der Waals surface area contributed by atoms with Crippen LogP contribution in [0.2, 0.25) is 0 Å². The van der Waals surface area contributed by atoms with E-state index in [9.17, 15) is 0 Å². The summed E-state index contributed by atoms with van der Waals surface area (Å²) in [4.78, 5) is 0. The first-order chi connectivity index (χ1) is 8.70. The highest BCUT2D eigenvalue weighted by atomic mass is 15.0. The maximum atomic E-state index is 3.69. The Morgan fingerprint density at radius 1 is 1.39 bits per heavy atom. The summed E-state index contributed by atoms with van der Waals surface area (Å²) in [6.45, 7) is 9.15. The molecule has 2 heteroatoms. The molecule has 2 rings (SSSR count). The van der Waals surface area contributed by atoms with Crippen molar-refractivity contribution in [3.8, 4) is 0 Å². The van der Waals surface area contributed by atoms with Gasteiger partial charge in [0.25, 0.3) is 0 Å². The molecule has 1 heterocycles. The van der Waals surface area contributed by atoms with Crippen LogP contribution in [0.3, 0.4) is 0 Å². The molecule has 1 aliphatic rings. The third-order valence-electron chi connectivity index (χ3n) is 3.92. The Balaban J connectivity index is 2.03. The number of aromatic nitrogens is 1. The van der Waals surface area contributed by atoms with Crippen LogP contribution >= 0.6 is 0 Å². The lowest BCUT2D eigenvalue weighted by atomic mass is 9.91. The Kier molecular flexibility index (Phi) is 4.87. The molecule has 1 atom stereocenters. The minimum Gasteiger partial charge on any atom is -0.354 e. The van der Waals surface area contributed by atoms with E-state index in [1.807, 2.05) is 0 Å². The quantitative estimate of drug-likeness (QED) is 0.807. The van der Waals surface area contributed by atoms with E-state index in [0.717, 1.165) is 12.5 Å². The molecular formula is C16H28N2. The SMILES string of the molecule is CCCNC1CCCc2cn(CCC(C)C)cc21. The lowest BCUT2D eigenvalue weighted by Gasteiger charge is -2.23. The van der Waals surface area contributed by atoms with Crippen LogP contribution < -0.4 is 5.32 Å². The van der Waals surface area contributed by atoms with Crippen molar-refractivity contribution in [3.63, 3.8) is 0 Å². The fraction of sp³-hybridized carbons (Fsp3) is 0.750. The number of hydrogen-bond acceptors (Lipinski definition) is 1. The summed E-state index contributed by atoms with van der Waals surface area (Å²) in [6, 6.07) is 0.606. The maximum Gasteiger partial charge on any atom is 0.0338 e. The molecule has 0 saturated heterocycles. The summed E-state index contributed by atoms with van der Waals surface area (Å²) >= 11 is 0. The third-order valence-corrected chi connectivity index (χ3v) is 3.92. The van der Waals surface area contributed by atoms with Gasteiger partial charge < -0.3 is 9.88 Å². The predicted molar refractivity (Wildman–Crippen MR) is 77.9 cm³/mol. The van der Waals surface area contributed by atoms with E-state index in [4.69, 9.17) is 0 Å². The second-order valence-corrected chi connectivity index (χ2v) is 6.06. The van der Waals surface area contributed by atoms with Crippen LogP contribution in [-0.4, -0.2) is 11.1 Å². The highest BCUT2D eigenvalue weighted by Crippen LogP contribution is 2.30. The summed E-state index contributed by atoms with van der Waals surface area (Å²) in [5.74, 6) is 0.790. The van der Waals surface area contributed by atoms with E-state index in [1.165, 1.54) is 38.6 Å². The van der Waals surface area contributed by atoms with Crippen LogP contribution in [-0.2, 0) is 13.0 Å². The number of hydrogen-bond donors (Lipinski definition) is 1. The van der Waals surface area contributed by atoms with Crippen molar-refractivity contribution in [3.05, 3.63) is 23.5 Å². The van der Waals surface area contributed by atoms with Crippen molar-refractivity contribution in [1.29, 1.82) is 0 Å². The van der Waals surface area contributed by atoms with E-state index >= 15 is 0 Å². The van der Waals surface area contributed by atoms with Crippen molar-refractivity contribution in [2.45, 2.75) is 65.5 Å². The van der Waals surface area contributed by atoms with Crippen LogP contribution in [0.25, 0.3) is 0 Å². The average Bonchev–Trinajstić information content (AvgIpc) is 2.77. The summed E-state index contributed by atoms with van der Waals surface area (Å²) in [5, 5.41) is 3.69. The molecule has 0 aliphatic heterocycles. The molecule has 0 aromatic carbocycles. The van der Waals surface area contributed by atoms with E-state index in [1.54, 1.807) is 11.1 Å². The van der Waals surface area contributed by atoms with Gasteiger partial charge in [-0.25, -0.2) is 0 Å². The average molecular weight is 248 g/mol. The smallest absolute Gasteiger partial charge is 0.0338 e. The second kappa shape index (κ2) is 6.42. The molecule has 0 spiro atoms. The molecule has 1 aromatic rings. The summed E-state index contributed by atoms with van der Waals surface area (Å²) in [7, 11) is 0. The Hall–Kier alpha value is -0.760. The molecule has 1 N–H and O–H groups in total. The molecule has 0 bridgehead atoms. The lowest BCUT2D eigenvalue weighted by Crippen LogP contribution is -2.24. The van der Waals surface area contributed by atoms with Crippen LogP contribution in [0.1, 0.15) is 63.6 Å². The fourth-order valence-corrected chi connectivity index (χ4v) is 2.82. The largest absolute Gasteiger partial charge is 0.354 e. The Labute approximate surface area is 112 Å². The van der Waals surface area contributed by atoms with Gasteiger partial charge >= 0.3 is 0 Å². The zero-order valence-electron chi connectivity index (χ0n) is 12.2. The normalized spacial score (nSPS) is 19.2. The molecule has 18 heavy (non-hydrogen) atoms. The Morgan fingerprint density at radius 3 is 2.94 bits per heavy atom. The standard InChI is InChI=1S/C16H28N2/c1-4-9-17-16-7-5-6-14-11-18(12-15(14)16)10-8-13(2)3/h11-13,16-17H,4-10H2,1-3H3. The first-order valence-electron chi connectivity index (χ1n) is 7.62. The topological polar surface area (TPSA) is 17.0 Å². The Bertz CT molecular complexity index is 365. The van der Waals surface area contributed by atoms with Crippen LogP contribution in [0.4, 0.5) is 0 Å². The fourth-order valence-electron chi connectivity index (χ4n) is 2.82. The van der Waals surface area contributed by atoms with E-state index < -0.39 is 0 Å². The molecule has 1 aromatic heterocycles. The minimum absolute atomic E-state index is 0.606. The van der Waals surface area contributed by atoms with Gasteiger partial charge in [-0.3, -0.25) is 0 Å². The predicted octanol–water partition coefficient (Wildman–Crippen LogP) is 3.91. The molecule has 0 fully saturated rings. The molecule has 2 nitrogen and oxygen atoms in total. The van der Waals surface area contributed by atoms with Gasteiger partial charge in [0.1, 0.15) is 0 Å². The molecular weight excluding hydrogens is 220 g/mol. The van der Waals surface area contributed by atoms with Gasteiger partial charge in [-0.05, 0) is 55.7 Å². The molecule has 0 saturated carbocycles. The van der Waals surface area contributed by atoms with Crippen molar-refractivity contribution >= 4 is 0 Å². The molecule has 1 unspecified atom stereocenters. The van der Waals surface area contributed by atoms with Gasteiger partial charge in [0, 0.05) is 25.0 Å². The third kappa shape index (κ3) is 3.38. The first kappa shape index (κ1) is 13.7. The van der Waals surface area contributed by atoms with E-state index in [2.05, 4.69) is 43.0 Å². The minimum atomic E-state index is 0.606. The van der Waals surface area contributed by atoms with Crippen LogP contribution in [0.15, 0.2) is 12.4 Å². The highest BCUT2D eigenvalue weighted by molar-refractivity contribution is 5.30. The number of aryl methyl sites for hydroxylation is 2. The summed E-state index contributed by atoms with van der Waals surface area (Å²) in [5.41, 5.74) is 3.15. The van der Waals surface area contributed by atoms with Gasteiger partial charge in [-0.2, -0.15) is 0 Å². The zero-order chi connectivity index (χ0) is 13.0. The van der Waals surface area contributed by atoms with Crippen molar-refractivity contribution in [2.24, 2.45) is 5.92 Å². The highest BCUT2D eigenvalue weighted by Gasteiger charge is 2.21. The monoisotopic (exact) mass is 248 g/mol.